The second kappa shape index (κ2) is 13.5. The van der Waals surface area contributed by atoms with Crippen molar-refractivity contribution in [2.45, 2.75) is 45.4 Å². The molecule has 5 rings (SSSR count). The average molecular weight is 579 g/mol. The first-order chi connectivity index (χ1) is 20.7. The Morgan fingerprint density at radius 1 is 1.16 bits per heavy atom. The molecule has 3 unspecified atom stereocenters. The monoisotopic (exact) mass is 578 g/mol. The fourth-order valence-corrected chi connectivity index (χ4v) is 6.45. The van der Waals surface area contributed by atoms with E-state index < -0.39 is 5.92 Å². The van der Waals surface area contributed by atoms with Crippen molar-refractivity contribution in [2.24, 2.45) is 11.8 Å². The van der Waals surface area contributed by atoms with Gasteiger partial charge in [0.05, 0.1) is 11.5 Å². The predicted octanol–water partition coefficient (Wildman–Crippen LogP) is 7.32. The van der Waals surface area contributed by atoms with Crippen molar-refractivity contribution in [2.75, 3.05) is 32.0 Å². The zero-order chi connectivity index (χ0) is 30.5. The SMILES string of the molecule is C=[N+](C)C(=O)c1cccc2c1C=CC=C=C2CC(CCN1CCCC1)c1cccc(NC(=O)C2C=CC(F)=CC2C)c1C. The normalized spacial score (nSPS) is 20.2. The molecule has 0 spiro atoms. The number of hydrogen-bond acceptors (Lipinski definition) is 3. The minimum Gasteiger partial charge on any atom is -0.325 e. The first-order valence-corrected chi connectivity index (χ1v) is 15.3. The van der Waals surface area contributed by atoms with Crippen LogP contribution in [0.4, 0.5) is 10.1 Å². The van der Waals surface area contributed by atoms with E-state index >= 15 is 0 Å². The van der Waals surface area contributed by atoms with Crippen LogP contribution in [0.1, 0.15) is 71.1 Å². The van der Waals surface area contributed by atoms with Crippen LogP contribution in [-0.2, 0) is 4.79 Å². The van der Waals surface area contributed by atoms with Crippen LogP contribution >= 0.6 is 0 Å². The smallest absolute Gasteiger partial charge is 0.325 e. The van der Waals surface area contributed by atoms with E-state index in [1.165, 1.54) is 35.1 Å². The molecule has 43 heavy (non-hydrogen) atoms. The van der Waals surface area contributed by atoms with Crippen molar-refractivity contribution >= 4 is 35.9 Å². The maximum absolute atomic E-state index is 13.7. The van der Waals surface area contributed by atoms with Crippen LogP contribution in [0.5, 0.6) is 0 Å². The van der Waals surface area contributed by atoms with Gasteiger partial charge < -0.3 is 10.2 Å². The van der Waals surface area contributed by atoms with E-state index in [4.69, 9.17) is 0 Å². The summed E-state index contributed by atoms with van der Waals surface area (Å²) in [4.78, 5) is 28.8. The Kier molecular flexibility index (Phi) is 9.49. The number of halogens is 1. The molecule has 2 aromatic carbocycles. The molecule has 2 amide bonds. The lowest BCUT2D eigenvalue weighted by molar-refractivity contribution is -0.384. The Balaban J connectivity index is 1.46. The fourth-order valence-electron chi connectivity index (χ4n) is 6.45. The van der Waals surface area contributed by atoms with Crippen molar-refractivity contribution in [1.29, 1.82) is 0 Å². The highest BCUT2D eigenvalue weighted by Crippen LogP contribution is 2.38. The molecule has 5 nitrogen and oxygen atoms in total. The van der Waals surface area contributed by atoms with Crippen LogP contribution in [0.25, 0.3) is 11.6 Å². The summed E-state index contributed by atoms with van der Waals surface area (Å²) in [5.41, 5.74) is 10.1. The molecule has 3 atom stereocenters. The summed E-state index contributed by atoms with van der Waals surface area (Å²) in [6.45, 7) is 11.0. The Labute approximate surface area is 254 Å². The first kappa shape index (κ1) is 30.3. The number of hydrogen-bond donors (Lipinski definition) is 1. The molecule has 222 valence electrons. The molecule has 0 bridgehead atoms. The molecule has 6 heteroatoms. The second-order valence-electron chi connectivity index (χ2n) is 12.0. The number of rotatable bonds is 9. The summed E-state index contributed by atoms with van der Waals surface area (Å²) in [5.74, 6) is -1.04. The quantitative estimate of drug-likeness (QED) is 0.193. The first-order valence-electron chi connectivity index (χ1n) is 15.3. The van der Waals surface area contributed by atoms with E-state index in [1.54, 1.807) is 13.1 Å². The lowest BCUT2D eigenvalue weighted by Crippen LogP contribution is -2.27. The Morgan fingerprint density at radius 2 is 1.93 bits per heavy atom. The van der Waals surface area contributed by atoms with Crippen molar-refractivity contribution in [3.63, 3.8) is 0 Å². The second-order valence-corrected chi connectivity index (χ2v) is 12.0. The number of carbonyl (C=O) groups is 2. The lowest BCUT2D eigenvalue weighted by Gasteiger charge is -2.26. The van der Waals surface area contributed by atoms with Crippen LogP contribution in [0.3, 0.4) is 0 Å². The maximum Gasteiger partial charge on any atom is 0.419 e. The summed E-state index contributed by atoms with van der Waals surface area (Å²) in [5, 5.41) is 3.14. The molecule has 2 aliphatic carbocycles. The van der Waals surface area contributed by atoms with Crippen LogP contribution in [0.2, 0.25) is 0 Å². The zero-order valence-corrected chi connectivity index (χ0v) is 25.4. The van der Waals surface area contributed by atoms with E-state index in [2.05, 4.69) is 41.7 Å². The van der Waals surface area contributed by atoms with Gasteiger partial charge in [-0.15, -0.1) is 5.73 Å². The third-order valence-corrected chi connectivity index (χ3v) is 8.90. The van der Waals surface area contributed by atoms with Gasteiger partial charge in [0.1, 0.15) is 19.6 Å². The topological polar surface area (TPSA) is 52.4 Å². The summed E-state index contributed by atoms with van der Waals surface area (Å²) in [6.07, 6.45) is 14.5. The van der Waals surface area contributed by atoms with Gasteiger partial charge >= 0.3 is 5.91 Å². The predicted molar refractivity (Wildman–Crippen MR) is 173 cm³/mol. The zero-order valence-electron chi connectivity index (χ0n) is 25.4. The van der Waals surface area contributed by atoms with Gasteiger partial charge in [-0.2, -0.15) is 4.58 Å². The summed E-state index contributed by atoms with van der Waals surface area (Å²) < 4.78 is 15.1. The van der Waals surface area contributed by atoms with Gasteiger partial charge in [0, 0.05) is 16.8 Å². The van der Waals surface area contributed by atoms with E-state index in [0.29, 0.717) is 5.56 Å². The summed E-state index contributed by atoms with van der Waals surface area (Å²) in [6, 6.07) is 12.0. The van der Waals surface area contributed by atoms with E-state index in [-0.39, 0.29) is 29.5 Å². The standard InChI is InChI=1S/C37H40FN3O2/c1-25-23-29(38)17-18-30(25)36(42)39-35-16-10-13-31(26(35)2)28(19-22-41-20-7-8-21-41)24-27-11-5-6-12-33-32(27)14-9-15-34(33)37(43)40(3)4/h5-6,9-10,12-18,23,25,28,30H,3,7-8,19-22,24H2,1-2,4H3/p+1. The molecular formula is C37H41FN3O2+. The van der Waals surface area contributed by atoms with Crippen LogP contribution < -0.4 is 5.32 Å². The highest BCUT2D eigenvalue weighted by atomic mass is 19.1. The molecule has 0 saturated carbocycles. The Hall–Kier alpha value is -4.12. The third kappa shape index (κ3) is 6.93. The van der Waals surface area contributed by atoms with Gasteiger partial charge in [0.15, 0.2) is 0 Å². The van der Waals surface area contributed by atoms with E-state index in [9.17, 15) is 14.0 Å². The van der Waals surface area contributed by atoms with Gasteiger partial charge in [-0.05, 0) is 111 Å². The molecule has 2 aromatic rings. The molecule has 0 aromatic heterocycles. The highest BCUT2D eigenvalue weighted by molar-refractivity contribution is 5.96. The van der Waals surface area contributed by atoms with Gasteiger partial charge in [-0.3, -0.25) is 4.79 Å². The van der Waals surface area contributed by atoms with Crippen molar-refractivity contribution in [1.82, 2.24) is 4.90 Å². The maximum atomic E-state index is 13.7. The highest BCUT2D eigenvalue weighted by Gasteiger charge is 2.27. The molecule has 1 fully saturated rings. The molecule has 1 saturated heterocycles. The average Bonchev–Trinajstić information content (AvgIpc) is 3.42. The summed E-state index contributed by atoms with van der Waals surface area (Å²) in [7, 11) is 1.67. The molecule has 1 N–H and O–H groups in total. The van der Waals surface area contributed by atoms with Gasteiger partial charge in [0.25, 0.3) is 0 Å². The molecule has 1 aliphatic heterocycles. The molecular weight excluding hydrogens is 537 g/mol. The Morgan fingerprint density at radius 3 is 2.67 bits per heavy atom. The van der Waals surface area contributed by atoms with E-state index in [1.807, 2.05) is 49.4 Å². The largest absolute Gasteiger partial charge is 0.419 e. The minimum atomic E-state index is -0.423. The van der Waals surface area contributed by atoms with Crippen molar-refractivity contribution in [3.05, 3.63) is 106 Å². The number of nitrogens with zero attached hydrogens (tertiary/aromatic N) is 2. The van der Waals surface area contributed by atoms with Gasteiger partial charge in [0.2, 0.25) is 5.91 Å². The number of nitrogens with one attached hydrogen (secondary N) is 1. The lowest BCUT2D eigenvalue weighted by atomic mass is 9.83. The van der Waals surface area contributed by atoms with Crippen molar-refractivity contribution < 1.29 is 18.6 Å². The molecule has 0 radical (unpaired) electrons. The summed E-state index contributed by atoms with van der Waals surface area (Å²) >= 11 is 0. The van der Waals surface area contributed by atoms with Crippen LogP contribution in [-0.4, -0.2) is 54.7 Å². The van der Waals surface area contributed by atoms with Gasteiger partial charge in [-0.25, -0.2) is 9.18 Å². The molecule has 1 heterocycles. The third-order valence-electron chi connectivity index (χ3n) is 8.90. The number of carbonyl (C=O) groups excluding carboxylic acids is 2. The number of fused-ring (bicyclic) bond motifs is 1. The Bertz CT molecular complexity index is 1580. The van der Waals surface area contributed by atoms with E-state index in [0.717, 1.165) is 60.4 Å². The number of likely N-dealkylation sites (tertiary alicyclic amines) is 1. The number of amides is 2. The number of anilines is 1. The number of allylic oxidation sites excluding steroid dienone is 5. The fraction of sp³-hybridized carbons (Fsp3) is 0.351. The van der Waals surface area contributed by atoms with Gasteiger partial charge in [-0.1, -0.05) is 49.4 Å². The minimum absolute atomic E-state index is 0.132. The van der Waals surface area contributed by atoms with Crippen LogP contribution in [0, 0.1) is 18.8 Å². The molecule has 3 aliphatic rings. The van der Waals surface area contributed by atoms with Crippen molar-refractivity contribution in [3.8, 4) is 0 Å². The number of benzene rings is 2. The van der Waals surface area contributed by atoms with Crippen LogP contribution in [0.15, 0.2) is 78.3 Å².